The molecule has 0 spiro atoms. The van der Waals surface area contributed by atoms with Crippen molar-refractivity contribution in [1.29, 1.82) is 0 Å². The van der Waals surface area contributed by atoms with E-state index in [2.05, 4.69) is 29.5 Å². The molecule has 1 heterocycles. The van der Waals surface area contributed by atoms with Crippen molar-refractivity contribution in [2.45, 2.75) is 25.9 Å². The number of benzene rings is 1. The van der Waals surface area contributed by atoms with Crippen molar-refractivity contribution in [2.75, 3.05) is 13.7 Å². The zero-order valence-corrected chi connectivity index (χ0v) is 11.5. The third-order valence-electron chi connectivity index (χ3n) is 3.19. The molecule has 1 unspecified atom stereocenters. The zero-order chi connectivity index (χ0) is 13.5. The van der Waals surface area contributed by atoms with Gasteiger partial charge in [-0.1, -0.05) is 25.1 Å². The summed E-state index contributed by atoms with van der Waals surface area (Å²) in [6.07, 6.45) is 4.76. The molecule has 4 heteroatoms. The van der Waals surface area contributed by atoms with Crippen molar-refractivity contribution in [2.24, 2.45) is 0 Å². The summed E-state index contributed by atoms with van der Waals surface area (Å²) in [5.41, 5.74) is 1.22. The van der Waals surface area contributed by atoms with E-state index in [1.807, 2.05) is 36.1 Å². The highest BCUT2D eigenvalue weighted by atomic mass is 16.5. The fourth-order valence-corrected chi connectivity index (χ4v) is 2.16. The Kier molecular flexibility index (Phi) is 4.98. The summed E-state index contributed by atoms with van der Waals surface area (Å²) in [5, 5.41) is 7.48. The monoisotopic (exact) mass is 259 g/mol. The Morgan fingerprint density at radius 1 is 1.32 bits per heavy atom. The van der Waals surface area contributed by atoms with Gasteiger partial charge in [-0.15, -0.1) is 0 Å². The van der Waals surface area contributed by atoms with Gasteiger partial charge in [0.1, 0.15) is 12.4 Å². The third kappa shape index (κ3) is 3.58. The van der Waals surface area contributed by atoms with Crippen LogP contribution in [0.2, 0.25) is 0 Å². The lowest BCUT2D eigenvalue weighted by molar-refractivity contribution is 0.285. The first-order valence-electron chi connectivity index (χ1n) is 6.71. The summed E-state index contributed by atoms with van der Waals surface area (Å²) in [7, 11) is 1.98. The molecule has 1 aromatic heterocycles. The van der Waals surface area contributed by atoms with E-state index in [0.717, 1.165) is 18.7 Å². The predicted molar refractivity (Wildman–Crippen MR) is 76.3 cm³/mol. The van der Waals surface area contributed by atoms with Crippen molar-refractivity contribution in [1.82, 2.24) is 15.1 Å². The van der Waals surface area contributed by atoms with Gasteiger partial charge in [0.05, 0.1) is 6.54 Å². The third-order valence-corrected chi connectivity index (χ3v) is 3.19. The number of nitrogens with one attached hydrogen (secondary N) is 1. The van der Waals surface area contributed by atoms with Gasteiger partial charge >= 0.3 is 0 Å². The lowest BCUT2D eigenvalue weighted by Gasteiger charge is -2.18. The maximum atomic E-state index is 5.89. The maximum absolute atomic E-state index is 5.89. The molecular formula is C15H21N3O. The highest BCUT2D eigenvalue weighted by molar-refractivity contribution is 5.35. The molecule has 2 rings (SSSR count). The summed E-state index contributed by atoms with van der Waals surface area (Å²) >= 11 is 0. The minimum Gasteiger partial charge on any atom is -0.491 e. The molecule has 1 atom stereocenters. The summed E-state index contributed by atoms with van der Waals surface area (Å²) in [6.45, 7) is 3.55. The Morgan fingerprint density at radius 2 is 2.16 bits per heavy atom. The first kappa shape index (κ1) is 13.6. The number of nitrogens with zero attached hydrogens (tertiary/aromatic N) is 2. The van der Waals surface area contributed by atoms with Crippen molar-refractivity contribution in [3.8, 4) is 5.75 Å². The largest absolute Gasteiger partial charge is 0.491 e. The van der Waals surface area contributed by atoms with Crippen LogP contribution in [0.25, 0.3) is 0 Å². The highest BCUT2D eigenvalue weighted by Crippen LogP contribution is 2.26. The van der Waals surface area contributed by atoms with Gasteiger partial charge in [0.15, 0.2) is 0 Å². The van der Waals surface area contributed by atoms with E-state index >= 15 is 0 Å². The number of rotatable bonds is 7. The quantitative estimate of drug-likeness (QED) is 0.831. The summed E-state index contributed by atoms with van der Waals surface area (Å²) < 4.78 is 7.77. The molecule has 0 radical (unpaired) electrons. The normalized spacial score (nSPS) is 12.3. The van der Waals surface area contributed by atoms with E-state index in [4.69, 9.17) is 4.74 Å². The summed E-state index contributed by atoms with van der Waals surface area (Å²) in [5.74, 6) is 0.954. The topological polar surface area (TPSA) is 39.1 Å². The van der Waals surface area contributed by atoms with Crippen LogP contribution in [0.3, 0.4) is 0 Å². The Bertz CT molecular complexity index is 478. The van der Waals surface area contributed by atoms with Crippen molar-refractivity contribution in [3.05, 3.63) is 48.3 Å². The average molecular weight is 259 g/mol. The van der Waals surface area contributed by atoms with Crippen molar-refractivity contribution >= 4 is 0 Å². The van der Waals surface area contributed by atoms with Gasteiger partial charge < -0.3 is 10.1 Å². The van der Waals surface area contributed by atoms with E-state index in [1.165, 1.54) is 5.56 Å². The van der Waals surface area contributed by atoms with Gasteiger partial charge in [0, 0.05) is 24.0 Å². The Balaban J connectivity index is 1.99. The summed E-state index contributed by atoms with van der Waals surface area (Å²) in [4.78, 5) is 0. The Hall–Kier alpha value is -1.81. The molecule has 0 saturated carbocycles. The van der Waals surface area contributed by atoms with Crippen LogP contribution < -0.4 is 10.1 Å². The van der Waals surface area contributed by atoms with Gasteiger partial charge in [0.2, 0.25) is 0 Å². The van der Waals surface area contributed by atoms with Gasteiger partial charge in [0.25, 0.3) is 0 Å². The molecular weight excluding hydrogens is 238 g/mol. The molecule has 0 amide bonds. The molecule has 102 valence electrons. The van der Waals surface area contributed by atoms with E-state index < -0.39 is 0 Å². The second-order valence-electron chi connectivity index (χ2n) is 4.40. The smallest absolute Gasteiger partial charge is 0.124 e. The molecule has 0 aliphatic heterocycles. The van der Waals surface area contributed by atoms with E-state index in [-0.39, 0.29) is 0 Å². The van der Waals surface area contributed by atoms with E-state index in [9.17, 15) is 0 Å². The molecule has 19 heavy (non-hydrogen) atoms. The lowest BCUT2D eigenvalue weighted by atomic mass is 10.0. The number of para-hydroxylation sites is 1. The predicted octanol–water partition coefficient (Wildman–Crippen LogP) is 2.63. The van der Waals surface area contributed by atoms with Crippen LogP contribution in [0.5, 0.6) is 5.75 Å². The molecule has 1 N–H and O–H groups in total. The first-order valence-corrected chi connectivity index (χ1v) is 6.71. The second kappa shape index (κ2) is 6.95. The number of aromatic nitrogens is 2. The highest BCUT2D eigenvalue weighted by Gasteiger charge is 2.11. The van der Waals surface area contributed by atoms with Gasteiger partial charge in [-0.05, 0) is 25.6 Å². The first-order chi connectivity index (χ1) is 9.35. The van der Waals surface area contributed by atoms with Gasteiger partial charge in [-0.25, -0.2) is 0 Å². The standard InChI is InChI=1S/C15H21N3O/c1-3-14(16-2)13-7-4-5-8-15(13)19-12-11-18-10-6-9-17-18/h4-10,14,16H,3,11-12H2,1-2H3. The zero-order valence-electron chi connectivity index (χ0n) is 11.5. The van der Waals surface area contributed by atoms with Crippen LogP contribution >= 0.6 is 0 Å². The van der Waals surface area contributed by atoms with Crippen LogP contribution in [-0.2, 0) is 6.54 Å². The maximum Gasteiger partial charge on any atom is 0.124 e. The SMILES string of the molecule is CCC(NC)c1ccccc1OCCn1cccn1. The molecule has 0 aliphatic carbocycles. The van der Waals surface area contributed by atoms with Crippen LogP contribution in [0.4, 0.5) is 0 Å². The van der Waals surface area contributed by atoms with Crippen LogP contribution in [-0.4, -0.2) is 23.4 Å². The van der Waals surface area contributed by atoms with Crippen LogP contribution in [0.1, 0.15) is 24.9 Å². The molecule has 2 aromatic rings. The van der Waals surface area contributed by atoms with E-state index in [1.54, 1.807) is 6.20 Å². The van der Waals surface area contributed by atoms with Crippen molar-refractivity contribution in [3.63, 3.8) is 0 Å². The summed E-state index contributed by atoms with van der Waals surface area (Å²) in [6, 6.07) is 10.5. The van der Waals surface area contributed by atoms with Gasteiger partial charge in [-0.2, -0.15) is 5.10 Å². The number of ether oxygens (including phenoxy) is 1. The second-order valence-corrected chi connectivity index (χ2v) is 4.40. The lowest BCUT2D eigenvalue weighted by Crippen LogP contribution is -2.17. The minimum absolute atomic E-state index is 0.334. The molecule has 0 saturated heterocycles. The molecule has 4 nitrogen and oxygen atoms in total. The van der Waals surface area contributed by atoms with Crippen LogP contribution in [0.15, 0.2) is 42.7 Å². The Labute approximate surface area is 114 Å². The van der Waals surface area contributed by atoms with Crippen molar-refractivity contribution < 1.29 is 4.74 Å². The van der Waals surface area contributed by atoms with Gasteiger partial charge in [-0.3, -0.25) is 4.68 Å². The average Bonchev–Trinajstić information content (AvgIpc) is 2.95. The molecule has 0 fully saturated rings. The molecule has 1 aromatic carbocycles. The Morgan fingerprint density at radius 3 is 2.84 bits per heavy atom. The number of hydrogen-bond donors (Lipinski definition) is 1. The molecule has 0 aliphatic rings. The van der Waals surface area contributed by atoms with Crippen LogP contribution in [0, 0.1) is 0 Å². The molecule has 0 bridgehead atoms. The fourth-order valence-electron chi connectivity index (χ4n) is 2.16. The number of hydrogen-bond acceptors (Lipinski definition) is 3. The fraction of sp³-hybridized carbons (Fsp3) is 0.400. The minimum atomic E-state index is 0.334. The van der Waals surface area contributed by atoms with E-state index in [0.29, 0.717) is 12.6 Å².